The van der Waals surface area contributed by atoms with E-state index in [0.29, 0.717) is 23.7 Å². The number of aromatic hydroxyl groups is 2. The Hall–Kier alpha value is -2.20. The number of rotatable bonds is 2. The van der Waals surface area contributed by atoms with Crippen molar-refractivity contribution in [3.8, 4) is 11.5 Å². The van der Waals surface area contributed by atoms with Crippen LogP contribution in [0.3, 0.4) is 0 Å². The Labute approximate surface area is 139 Å². The third-order valence-electron chi connectivity index (χ3n) is 4.18. The third-order valence-corrected chi connectivity index (χ3v) is 4.41. The first-order valence-corrected chi connectivity index (χ1v) is 7.87. The van der Waals surface area contributed by atoms with Crippen LogP contribution in [0.25, 0.3) is 0 Å². The van der Waals surface area contributed by atoms with E-state index in [-0.39, 0.29) is 28.9 Å². The van der Waals surface area contributed by atoms with Crippen molar-refractivity contribution in [2.75, 3.05) is 0 Å². The predicted molar refractivity (Wildman–Crippen MR) is 88.9 cm³/mol. The number of nitrogens with zero attached hydrogens (tertiary/aromatic N) is 1. The Bertz CT molecular complexity index is 786. The van der Waals surface area contributed by atoms with Gasteiger partial charge in [-0.25, -0.2) is 0 Å². The topological polar surface area (TPSA) is 60.8 Å². The van der Waals surface area contributed by atoms with E-state index in [1.54, 1.807) is 11.0 Å². The van der Waals surface area contributed by atoms with E-state index >= 15 is 0 Å². The minimum atomic E-state index is -0.253. The van der Waals surface area contributed by atoms with Gasteiger partial charge in [-0.3, -0.25) is 4.79 Å². The minimum Gasteiger partial charge on any atom is -0.508 e. The van der Waals surface area contributed by atoms with Gasteiger partial charge >= 0.3 is 0 Å². The molecule has 0 radical (unpaired) electrons. The van der Waals surface area contributed by atoms with Crippen LogP contribution < -0.4 is 0 Å². The van der Waals surface area contributed by atoms with Crippen molar-refractivity contribution >= 4 is 17.5 Å². The Balaban J connectivity index is 1.92. The number of carbonyl (C=O) groups excluding carboxylic acids is 1. The summed E-state index contributed by atoms with van der Waals surface area (Å²) in [7, 11) is 0. The molecule has 2 N–H and O–H groups in total. The van der Waals surface area contributed by atoms with Crippen molar-refractivity contribution in [2.24, 2.45) is 0 Å². The Morgan fingerprint density at radius 1 is 1.09 bits per heavy atom. The summed E-state index contributed by atoms with van der Waals surface area (Å²) in [6, 6.07) is 8.40. The molecule has 23 heavy (non-hydrogen) atoms. The van der Waals surface area contributed by atoms with Crippen LogP contribution in [0.4, 0.5) is 0 Å². The molecule has 1 amide bonds. The van der Waals surface area contributed by atoms with Gasteiger partial charge in [-0.15, -0.1) is 0 Å². The molecule has 0 atom stereocenters. The maximum absolute atomic E-state index is 12.8. The monoisotopic (exact) mass is 331 g/mol. The summed E-state index contributed by atoms with van der Waals surface area (Å²) >= 11 is 5.99. The van der Waals surface area contributed by atoms with Gasteiger partial charge in [0.25, 0.3) is 5.91 Å². The highest BCUT2D eigenvalue weighted by Crippen LogP contribution is 2.34. The number of phenolic OH excluding ortho intramolecular Hbond substituents is 2. The number of fused-ring (bicyclic) bond motifs is 1. The van der Waals surface area contributed by atoms with E-state index in [1.807, 2.05) is 32.0 Å². The largest absolute Gasteiger partial charge is 0.508 e. The molecule has 5 heteroatoms. The van der Waals surface area contributed by atoms with Crippen molar-refractivity contribution in [2.45, 2.75) is 32.9 Å². The number of hydrogen-bond donors (Lipinski definition) is 2. The van der Waals surface area contributed by atoms with Gasteiger partial charge in [0.05, 0.1) is 5.56 Å². The summed E-state index contributed by atoms with van der Waals surface area (Å²) in [5, 5.41) is 20.6. The first-order valence-electron chi connectivity index (χ1n) is 7.49. The zero-order valence-corrected chi connectivity index (χ0v) is 13.8. The van der Waals surface area contributed by atoms with Gasteiger partial charge in [-0.05, 0) is 40.8 Å². The van der Waals surface area contributed by atoms with Crippen LogP contribution >= 0.6 is 11.6 Å². The van der Waals surface area contributed by atoms with Gasteiger partial charge in [0.15, 0.2) is 0 Å². The molecule has 2 aromatic rings. The summed E-state index contributed by atoms with van der Waals surface area (Å²) in [6.07, 6.45) is 0. The smallest absolute Gasteiger partial charge is 0.258 e. The van der Waals surface area contributed by atoms with E-state index in [2.05, 4.69) is 0 Å². The summed E-state index contributed by atoms with van der Waals surface area (Å²) in [4.78, 5) is 14.4. The number of halogens is 1. The molecule has 0 aliphatic carbocycles. The minimum absolute atomic E-state index is 0.00513. The van der Waals surface area contributed by atoms with Crippen LogP contribution in [-0.4, -0.2) is 21.0 Å². The number of carbonyl (C=O) groups is 1. The average molecular weight is 332 g/mol. The van der Waals surface area contributed by atoms with Crippen LogP contribution in [0.5, 0.6) is 11.5 Å². The van der Waals surface area contributed by atoms with E-state index in [1.165, 1.54) is 6.07 Å². The Kier molecular flexibility index (Phi) is 3.94. The highest BCUT2D eigenvalue weighted by Gasteiger charge is 2.27. The fourth-order valence-corrected chi connectivity index (χ4v) is 3.10. The second-order valence-electron chi connectivity index (χ2n) is 6.16. The fraction of sp³-hybridized carbons (Fsp3) is 0.278. The maximum atomic E-state index is 12.8. The molecule has 1 aliphatic heterocycles. The van der Waals surface area contributed by atoms with Gasteiger partial charge in [-0.2, -0.15) is 0 Å². The molecular weight excluding hydrogens is 314 g/mol. The maximum Gasteiger partial charge on any atom is 0.258 e. The second-order valence-corrected chi connectivity index (χ2v) is 6.59. The molecule has 0 aromatic heterocycles. The van der Waals surface area contributed by atoms with E-state index in [0.717, 1.165) is 11.1 Å². The highest BCUT2D eigenvalue weighted by atomic mass is 35.5. The molecule has 0 bridgehead atoms. The zero-order valence-electron chi connectivity index (χ0n) is 13.0. The van der Waals surface area contributed by atoms with Crippen molar-refractivity contribution in [3.63, 3.8) is 0 Å². The number of amides is 1. The summed E-state index contributed by atoms with van der Waals surface area (Å²) in [5.74, 6) is -0.398. The van der Waals surface area contributed by atoms with Gasteiger partial charge in [-0.1, -0.05) is 31.5 Å². The summed E-state index contributed by atoms with van der Waals surface area (Å²) in [6.45, 7) is 4.80. The normalized spacial score (nSPS) is 13.5. The van der Waals surface area contributed by atoms with Crippen molar-refractivity contribution in [1.82, 2.24) is 4.90 Å². The Morgan fingerprint density at radius 2 is 1.78 bits per heavy atom. The molecule has 0 spiro atoms. The summed E-state index contributed by atoms with van der Waals surface area (Å²) < 4.78 is 0. The van der Waals surface area contributed by atoms with E-state index < -0.39 is 0 Å². The highest BCUT2D eigenvalue weighted by molar-refractivity contribution is 6.30. The molecule has 3 rings (SSSR count). The van der Waals surface area contributed by atoms with Gasteiger partial charge in [0.2, 0.25) is 0 Å². The molecule has 120 valence electrons. The first-order chi connectivity index (χ1) is 10.9. The molecule has 0 fully saturated rings. The number of phenols is 2. The Morgan fingerprint density at radius 3 is 2.48 bits per heavy atom. The standard InChI is InChI=1S/C18H18ClNO3/c1-10(2)14-6-15(17(22)7-16(14)21)18(23)20-8-11-3-4-13(19)5-12(11)9-20/h3-7,10,21-22H,8-9H2,1-2H3. The lowest BCUT2D eigenvalue weighted by Gasteiger charge is -2.18. The van der Waals surface area contributed by atoms with Crippen LogP contribution in [0.15, 0.2) is 30.3 Å². The first kappa shape index (κ1) is 15.7. The molecule has 1 aliphatic rings. The van der Waals surface area contributed by atoms with Crippen LogP contribution in [0, 0.1) is 0 Å². The van der Waals surface area contributed by atoms with E-state index in [9.17, 15) is 15.0 Å². The van der Waals surface area contributed by atoms with Crippen LogP contribution in [0.1, 0.15) is 46.8 Å². The lowest BCUT2D eigenvalue weighted by Crippen LogP contribution is -2.25. The van der Waals surface area contributed by atoms with Gasteiger partial charge in [0.1, 0.15) is 11.5 Å². The average Bonchev–Trinajstić information content (AvgIpc) is 2.89. The number of hydrogen-bond acceptors (Lipinski definition) is 3. The summed E-state index contributed by atoms with van der Waals surface area (Å²) in [5.41, 5.74) is 2.94. The van der Waals surface area contributed by atoms with Crippen LogP contribution in [-0.2, 0) is 13.1 Å². The van der Waals surface area contributed by atoms with Crippen molar-refractivity contribution in [1.29, 1.82) is 0 Å². The van der Waals surface area contributed by atoms with Crippen LogP contribution in [0.2, 0.25) is 5.02 Å². The van der Waals surface area contributed by atoms with Gasteiger partial charge in [0, 0.05) is 24.2 Å². The lowest BCUT2D eigenvalue weighted by atomic mass is 9.98. The molecule has 4 nitrogen and oxygen atoms in total. The molecule has 0 unspecified atom stereocenters. The molecule has 1 heterocycles. The molecular formula is C18H18ClNO3. The zero-order chi connectivity index (χ0) is 16.7. The fourth-order valence-electron chi connectivity index (χ4n) is 2.90. The lowest BCUT2D eigenvalue weighted by molar-refractivity contribution is 0.0748. The quantitative estimate of drug-likeness (QED) is 0.873. The predicted octanol–water partition coefficient (Wildman–Crippen LogP) is 4.03. The third kappa shape index (κ3) is 2.86. The molecule has 0 saturated carbocycles. The second kappa shape index (κ2) is 5.78. The number of benzene rings is 2. The van der Waals surface area contributed by atoms with E-state index in [4.69, 9.17) is 11.6 Å². The molecule has 2 aromatic carbocycles. The van der Waals surface area contributed by atoms with Gasteiger partial charge < -0.3 is 15.1 Å². The SMILES string of the molecule is CC(C)c1cc(C(=O)N2Cc3ccc(Cl)cc3C2)c(O)cc1O. The van der Waals surface area contributed by atoms with Crippen molar-refractivity contribution < 1.29 is 15.0 Å². The van der Waals surface area contributed by atoms with Crippen molar-refractivity contribution in [3.05, 3.63) is 57.6 Å². The molecule has 0 saturated heterocycles.